The van der Waals surface area contributed by atoms with E-state index in [1.54, 1.807) is 0 Å². The quantitative estimate of drug-likeness (QED) is 0.0416. The molecular formula is C40H56O32Ti2. The first-order chi connectivity index (χ1) is 32.3. The van der Waals surface area contributed by atoms with Crippen LogP contribution >= 0.6 is 0 Å². The normalized spacial score (nSPS) is 12.3. The van der Waals surface area contributed by atoms with Gasteiger partial charge in [-0.05, 0) is 55.4 Å². The summed E-state index contributed by atoms with van der Waals surface area (Å²) in [6.07, 6.45) is -16.2. The van der Waals surface area contributed by atoms with Crippen molar-refractivity contribution >= 4 is 94.0 Å². The molecule has 0 aromatic carbocycles. The number of carboxylic acid groups (broad SMARTS) is 8. The van der Waals surface area contributed by atoms with E-state index in [-0.39, 0.29) is 141 Å². The smallest absolute Gasteiger partial charge is 0.547 e. The maximum absolute atomic E-state index is 10.1. The summed E-state index contributed by atoms with van der Waals surface area (Å²) < 4.78 is 0. The first-order valence-corrected chi connectivity index (χ1v) is 19.4. The van der Waals surface area contributed by atoms with Crippen LogP contribution in [-0.4, -0.2) is 184 Å². The van der Waals surface area contributed by atoms with Gasteiger partial charge in [-0.2, -0.15) is 0 Å². The van der Waals surface area contributed by atoms with Crippen molar-refractivity contribution in [3.05, 3.63) is 0 Å². The third-order valence-corrected chi connectivity index (χ3v) is 6.02. The molecule has 0 spiro atoms. The van der Waals surface area contributed by atoms with E-state index in [1.807, 2.05) is 0 Å². The molecule has 0 aliphatic rings. The predicted octanol–water partition coefficient (Wildman–Crippen LogP) is -15.4. The van der Waals surface area contributed by atoms with Crippen LogP contribution < -0.4 is 40.9 Å². The van der Waals surface area contributed by atoms with E-state index >= 15 is 0 Å². The van der Waals surface area contributed by atoms with Gasteiger partial charge in [0.25, 0.3) is 0 Å². The molecule has 0 aliphatic carbocycles. The third kappa shape index (κ3) is 83.1. The summed E-state index contributed by atoms with van der Waals surface area (Å²) in [6, 6.07) is 0. The molecule has 8 unspecified atom stereocenters. The minimum Gasteiger partial charge on any atom is -0.547 e. The van der Waals surface area contributed by atoms with Gasteiger partial charge in [0.15, 0.2) is 0 Å². The number of carbonyl (C=O) groups excluding carboxylic acids is 16. The van der Waals surface area contributed by atoms with Crippen molar-refractivity contribution in [1.29, 1.82) is 0 Å². The second-order valence-corrected chi connectivity index (χ2v) is 13.9. The molecule has 0 saturated carbocycles. The van der Waals surface area contributed by atoms with E-state index in [0.717, 1.165) is 0 Å². The Balaban J connectivity index is -0.0000000788. The summed E-state index contributed by atoms with van der Waals surface area (Å²) in [7, 11) is 0. The Labute approximate surface area is 449 Å². The van der Waals surface area contributed by atoms with Gasteiger partial charge >= 0.3 is 43.4 Å². The number of aliphatic hydroxyl groups is 8. The fourth-order valence-corrected chi connectivity index (χ4v) is 2.84. The van der Waals surface area contributed by atoms with Gasteiger partial charge in [-0.3, -0.25) is 38.4 Å². The molecule has 0 radical (unpaired) electrons. The largest absolute Gasteiger partial charge is 4.00 e. The van der Waals surface area contributed by atoms with Crippen molar-refractivity contribution in [3.8, 4) is 0 Å². The SMILES string of the molecule is CC(=O)CC(O)C(=O)[O-].CC(=O)CC(O)C(=O)[O-].CC(=O)CC(O)C(=O)[O-].CC(=O)CC(O)C(=O)[O-].CC(=O)CC(O)C(=O)[O-].CC(=O)CC(O)C(=O)[O-].CC(=O)CC(O)C(=O)[O-].CC(=O)CC(O)C(=O)[O-].[Ti+4].[Ti+4]. The number of carboxylic acids is 8. The zero-order valence-corrected chi connectivity index (χ0v) is 43.8. The van der Waals surface area contributed by atoms with Crippen LogP contribution in [0.2, 0.25) is 0 Å². The van der Waals surface area contributed by atoms with E-state index in [2.05, 4.69) is 0 Å². The summed E-state index contributed by atoms with van der Waals surface area (Å²) in [4.78, 5) is 159. The van der Waals surface area contributed by atoms with Crippen LogP contribution in [0.25, 0.3) is 0 Å². The van der Waals surface area contributed by atoms with E-state index < -0.39 is 96.6 Å². The summed E-state index contributed by atoms with van der Waals surface area (Å²) in [5.41, 5.74) is 0. The topological polar surface area (TPSA) is 619 Å². The third-order valence-electron chi connectivity index (χ3n) is 6.02. The second kappa shape index (κ2) is 53.5. The first kappa shape index (κ1) is 90.9. The van der Waals surface area contributed by atoms with Crippen molar-refractivity contribution in [2.75, 3.05) is 0 Å². The van der Waals surface area contributed by atoms with Gasteiger partial charge in [0, 0.05) is 51.4 Å². The van der Waals surface area contributed by atoms with Crippen LogP contribution in [0.15, 0.2) is 0 Å². The van der Waals surface area contributed by atoms with Crippen molar-refractivity contribution in [3.63, 3.8) is 0 Å². The number of carbonyl (C=O) groups is 16. The molecule has 0 fully saturated rings. The maximum atomic E-state index is 10.1. The Morgan fingerprint density at radius 1 is 0.216 bits per heavy atom. The fourth-order valence-electron chi connectivity index (χ4n) is 2.84. The van der Waals surface area contributed by atoms with Gasteiger partial charge in [-0.25, -0.2) is 0 Å². The molecule has 34 heteroatoms. The van der Waals surface area contributed by atoms with Crippen molar-refractivity contribution in [2.24, 2.45) is 0 Å². The van der Waals surface area contributed by atoms with Crippen LogP contribution in [-0.2, 0) is 120 Å². The molecule has 8 N–H and O–H groups in total. The number of hydrogen-bond donors (Lipinski definition) is 8. The minimum atomic E-state index is -1.65. The molecular weight excluding hydrogens is 1090 g/mol. The van der Waals surface area contributed by atoms with E-state index in [9.17, 15) is 118 Å². The van der Waals surface area contributed by atoms with Gasteiger partial charge in [0.2, 0.25) is 0 Å². The fraction of sp³-hybridized carbons (Fsp3) is 0.600. The number of aliphatic hydroxyl groups excluding tert-OH is 8. The second-order valence-electron chi connectivity index (χ2n) is 13.9. The molecule has 0 rings (SSSR count). The minimum absolute atomic E-state index is 0. The predicted molar refractivity (Wildman–Crippen MR) is 210 cm³/mol. The summed E-state index contributed by atoms with van der Waals surface area (Å²) in [6.45, 7) is 9.60. The first-order valence-electron chi connectivity index (χ1n) is 19.4. The number of ketones is 8. The molecule has 0 aliphatic heterocycles. The van der Waals surface area contributed by atoms with Gasteiger partial charge in [0.1, 0.15) is 95.1 Å². The standard InChI is InChI=1S/8C5H8O4.2Ti/c8*1-3(6)2-4(7)5(8)9;;/h8*4,7H,2H2,1H3,(H,8,9);;/q;;;;;;;;2*+4/p-8. The molecule has 32 nitrogen and oxygen atoms in total. The van der Waals surface area contributed by atoms with Crippen LogP contribution in [0.4, 0.5) is 0 Å². The van der Waals surface area contributed by atoms with Crippen LogP contribution in [0.5, 0.6) is 0 Å². The van der Waals surface area contributed by atoms with Crippen molar-refractivity contribution in [1.82, 2.24) is 0 Å². The summed E-state index contributed by atoms with van der Waals surface area (Å²) in [5, 5.41) is 145. The number of rotatable bonds is 24. The molecule has 0 aromatic rings. The Morgan fingerprint density at radius 3 is 0.284 bits per heavy atom. The van der Waals surface area contributed by atoms with Gasteiger partial charge in [0.05, 0.1) is 47.8 Å². The van der Waals surface area contributed by atoms with Crippen LogP contribution in [0.3, 0.4) is 0 Å². The molecule has 416 valence electrons. The molecule has 0 bridgehead atoms. The zero-order valence-electron chi connectivity index (χ0n) is 40.7. The van der Waals surface area contributed by atoms with E-state index in [1.165, 1.54) is 55.4 Å². The Kier molecular flexibility index (Phi) is 65.8. The summed E-state index contributed by atoms with van der Waals surface area (Å²) >= 11 is 0. The van der Waals surface area contributed by atoms with E-state index in [4.69, 9.17) is 40.9 Å². The molecule has 0 aromatic heterocycles. The summed E-state index contributed by atoms with van der Waals surface area (Å²) in [5.74, 6) is -15.8. The molecule has 74 heavy (non-hydrogen) atoms. The molecule has 0 heterocycles. The maximum Gasteiger partial charge on any atom is 4.00 e. The van der Waals surface area contributed by atoms with Crippen LogP contribution in [0, 0.1) is 0 Å². The molecule has 0 saturated heterocycles. The number of Topliss-reactive ketones (excluding diaryl/α,β-unsaturated/α-hetero) is 8. The Hall–Kier alpha value is -5.77. The Bertz CT molecular complexity index is 1430. The average Bonchev–Trinajstić information content (AvgIpc) is 3.17. The average molecular weight is 1140 g/mol. The van der Waals surface area contributed by atoms with Gasteiger partial charge in [-0.1, -0.05) is 0 Å². The van der Waals surface area contributed by atoms with Gasteiger partial charge < -0.3 is 120 Å². The van der Waals surface area contributed by atoms with Crippen molar-refractivity contribution < 1.29 is 202 Å². The van der Waals surface area contributed by atoms with Crippen molar-refractivity contribution in [2.45, 2.75) is 156 Å². The number of aliphatic carboxylic acids is 8. The van der Waals surface area contributed by atoms with E-state index in [0.29, 0.717) is 0 Å². The molecule has 0 amide bonds. The monoisotopic (exact) mass is 1140 g/mol. The Morgan fingerprint density at radius 2 is 0.270 bits per heavy atom. The number of hydrogen-bond acceptors (Lipinski definition) is 32. The van der Waals surface area contributed by atoms with Gasteiger partial charge in [-0.15, -0.1) is 0 Å². The van der Waals surface area contributed by atoms with Crippen LogP contribution in [0.1, 0.15) is 107 Å². The molecule has 8 atom stereocenters. The zero-order chi connectivity index (χ0) is 59.5.